The van der Waals surface area contributed by atoms with E-state index in [1.165, 1.54) is 18.9 Å². The third-order valence-corrected chi connectivity index (χ3v) is 1.97. The van der Waals surface area contributed by atoms with Crippen LogP contribution in [0.1, 0.15) is 13.8 Å². The Morgan fingerprint density at radius 2 is 2.23 bits per heavy atom. The lowest BCUT2D eigenvalue weighted by Gasteiger charge is -2.20. The molecule has 72 valence electrons. The molecule has 5 heteroatoms. The number of aliphatic imine (C=N–C) groups is 1. The maximum Gasteiger partial charge on any atom is 0.330 e. The van der Waals surface area contributed by atoms with Gasteiger partial charge in [0.1, 0.15) is 5.84 Å². The molecule has 0 radical (unpaired) electrons. The first-order chi connectivity index (χ1) is 6.07. The lowest BCUT2D eigenvalue weighted by atomic mass is 10.2. The fraction of sp³-hybridized carbons (Fsp3) is 0.625. The predicted molar refractivity (Wildman–Crippen MR) is 46.3 cm³/mol. The molecule has 0 fully saturated rings. The minimum Gasteiger partial charge on any atom is -0.467 e. The van der Waals surface area contributed by atoms with E-state index in [9.17, 15) is 9.59 Å². The second kappa shape index (κ2) is 3.55. The first-order valence-corrected chi connectivity index (χ1v) is 3.96. The maximum atomic E-state index is 11.2. The van der Waals surface area contributed by atoms with Crippen LogP contribution in [-0.2, 0) is 14.3 Å². The molecule has 1 aliphatic rings. The van der Waals surface area contributed by atoms with E-state index in [1.54, 1.807) is 6.92 Å². The van der Waals surface area contributed by atoms with Gasteiger partial charge in [-0.15, -0.1) is 0 Å². The quantitative estimate of drug-likeness (QED) is 0.530. The van der Waals surface area contributed by atoms with E-state index in [2.05, 4.69) is 9.73 Å². The normalized spacial score (nSPS) is 21.3. The zero-order valence-corrected chi connectivity index (χ0v) is 7.90. The van der Waals surface area contributed by atoms with Gasteiger partial charge in [-0.3, -0.25) is 14.7 Å². The van der Waals surface area contributed by atoms with Gasteiger partial charge in [0, 0.05) is 6.92 Å². The molecule has 1 rings (SSSR count). The second-order valence-corrected chi connectivity index (χ2v) is 2.82. The van der Waals surface area contributed by atoms with E-state index in [0.717, 1.165) is 0 Å². The van der Waals surface area contributed by atoms with Crippen LogP contribution in [0.4, 0.5) is 0 Å². The number of amides is 1. The molecule has 5 nitrogen and oxygen atoms in total. The molecule has 1 aliphatic heterocycles. The van der Waals surface area contributed by atoms with Gasteiger partial charge in [-0.25, -0.2) is 4.79 Å². The van der Waals surface area contributed by atoms with Gasteiger partial charge >= 0.3 is 5.97 Å². The van der Waals surface area contributed by atoms with Gasteiger partial charge in [0.05, 0.1) is 13.7 Å². The first-order valence-electron chi connectivity index (χ1n) is 3.96. The fourth-order valence-electron chi connectivity index (χ4n) is 1.37. The number of hydrogen-bond acceptors (Lipinski definition) is 4. The topological polar surface area (TPSA) is 59.0 Å². The third kappa shape index (κ3) is 1.68. The molecule has 13 heavy (non-hydrogen) atoms. The Balaban J connectivity index is 2.81. The summed E-state index contributed by atoms with van der Waals surface area (Å²) in [7, 11) is 1.30. The monoisotopic (exact) mass is 184 g/mol. The number of carbonyl (C=O) groups is 2. The average molecular weight is 184 g/mol. The lowest BCUT2D eigenvalue weighted by Crippen LogP contribution is -2.44. The van der Waals surface area contributed by atoms with Crippen molar-refractivity contribution in [2.24, 2.45) is 4.99 Å². The van der Waals surface area contributed by atoms with Crippen molar-refractivity contribution < 1.29 is 14.3 Å². The van der Waals surface area contributed by atoms with Gasteiger partial charge in [0.25, 0.3) is 0 Å². The van der Waals surface area contributed by atoms with Gasteiger partial charge in [-0.1, -0.05) is 0 Å². The zero-order valence-electron chi connectivity index (χ0n) is 7.90. The highest BCUT2D eigenvalue weighted by Crippen LogP contribution is 2.11. The minimum atomic E-state index is -0.567. The highest BCUT2D eigenvalue weighted by Gasteiger charge is 2.34. The molecule has 0 aromatic heterocycles. The smallest absolute Gasteiger partial charge is 0.330 e. The van der Waals surface area contributed by atoms with E-state index >= 15 is 0 Å². The fourth-order valence-corrected chi connectivity index (χ4v) is 1.37. The van der Waals surface area contributed by atoms with Gasteiger partial charge in [-0.2, -0.15) is 0 Å². The maximum absolute atomic E-state index is 11.2. The standard InChI is InChI=1S/C8H12N2O3/c1-5-9-4-7(8(12)13-3)10(5)6(2)11/h7H,4H2,1-3H3/t7-/m0/s1. The Labute approximate surface area is 76.4 Å². The van der Waals surface area contributed by atoms with Crippen molar-refractivity contribution in [2.75, 3.05) is 13.7 Å². The van der Waals surface area contributed by atoms with Crippen LogP contribution in [0.5, 0.6) is 0 Å². The summed E-state index contributed by atoms with van der Waals surface area (Å²) in [6, 6.07) is -0.567. The van der Waals surface area contributed by atoms with Gasteiger partial charge in [-0.05, 0) is 6.92 Å². The summed E-state index contributed by atoms with van der Waals surface area (Å²) in [6.07, 6.45) is 0. The molecular formula is C8H12N2O3. The second-order valence-electron chi connectivity index (χ2n) is 2.82. The molecular weight excluding hydrogens is 172 g/mol. The van der Waals surface area contributed by atoms with E-state index < -0.39 is 12.0 Å². The molecule has 0 unspecified atom stereocenters. The van der Waals surface area contributed by atoms with Crippen LogP contribution in [0.25, 0.3) is 0 Å². The Kier molecular flexibility index (Phi) is 2.65. The minimum absolute atomic E-state index is 0.186. The molecule has 1 atom stereocenters. The summed E-state index contributed by atoms with van der Waals surface area (Å²) in [5.41, 5.74) is 0. The van der Waals surface area contributed by atoms with Crippen molar-refractivity contribution in [3.8, 4) is 0 Å². The summed E-state index contributed by atoms with van der Waals surface area (Å²) in [5.74, 6) is -0.0344. The van der Waals surface area contributed by atoms with Crippen LogP contribution < -0.4 is 0 Å². The van der Waals surface area contributed by atoms with Gasteiger partial charge < -0.3 is 4.74 Å². The Morgan fingerprint density at radius 1 is 1.62 bits per heavy atom. The summed E-state index contributed by atoms with van der Waals surface area (Å²) in [5, 5.41) is 0. The first kappa shape index (κ1) is 9.70. The average Bonchev–Trinajstić information content (AvgIpc) is 2.45. The van der Waals surface area contributed by atoms with E-state index in [0.29, 0.717) is 12.4 Å². The van der Waals surface area contributed by atoms with Crippen molar-refractivity contribution >= 4 is 17.7 Å². The molecule has 1 heterocycles. The number of nitrogens with zero attached hydrogens (tertiary/aromatic N) is 2. The van der Waals surface area contributed by atoms with E-state index in [-0.39, 0.29) is 5.91 Å². The number of esters is 1. The number of carbonyl (C=O) groups excluding carboxylic acids is 2. The number of ether oxygens (including phenoxy) is 1. The van der Waals surface area contributed by atoms with Crippen molar-refractivity contribution in [1.82, 2.24) is 4.90 Å². The molecule has 0 saturated heterocycles. The Bertz CT molecular complexity index is 273. The van der Waals surface area contributed by atoms with Crippen LogP contribution >= 0.6 is 0 Å². The largest absolute Gasteiger partial charge is 0.467 e. The summed E-state index contributed by atoms with van der Waals surface area (Å²) < 4.78 is 4.56. The summed E-state index contributed by atoms with van der Waals surface area (Å²) in [4.78, 5) is 27.7. The van der Waals surface area contributed by atoms with Crippen molar-refractivity contribution in [1.29, 1.82) is 0 Å². The highest BCUT2D eigenvalue weighted by molar-refractivity contribution is 6.01. The number of hydrogen-bond donors (Lipinski definition) is 0. The van der Waals surface area contributed by atoms with Crippen LogP contribution in [0, 0.1) is 0 Å². The molecule has 1 amide bonds. The SMILES string of the molecule is COC(=O)[C@@H]1CN=C(C)N1C(C)=O. The number of methoxy groups -OCH3 is 1. The molecule has 0 spiro atoms. The summed E-state index contributed by atoms with van der Waals surface area (Å²) >= 11 is 0. The van der Waals surface area contributed by atoms with Crippen molar-refractivity contribution in [3.63, 3.8) is 0 Å². The Morgan fingerprint density at radius 3 is 2.69 bits per heavy atom. The van der Waals surface area contributed by atoms with Crippen LogP contribution in [-0.4, -0.2) is 42.3 Å². The predicted octanol–water partition coefficient (Wildman–Crippen LogP) is -0.192. The highest BCUT2D eigenvalue weighted by atomic mass is 16.5. The van der Waals surface area contributed by atoms with Gasteiger partial charge in [0.2, 0.25) is 5.91 Å². The summed E-state index contributed by atoms with van der Waals surface area (Å²) in [6.45, 7) is 3.41. The number of rotatable bonds is 1. The van der Waals surface area contributed by atoms with Crippen LogP contribution in [0.15, 0.2) is 4.99 Å². The third-order valence-electron chi connectivity index (χ3n) is 1.97. The lowest BCUT2D eigenvalue weighted by molar-refractivity contribution is -0.148. The van der Waals surface area contributed by atoms with Crippen LogP contribution in [0.2, 0.25) is 0 Å². The molecule has 0 aliphatic carbocycles. The van der Waals surface area contributed by atoms with Gasteiger partial charge in [0.15, 0.2) is 6.04 Å². The molecule has 0 N–H and O–H groups in total. The van der Waals surface area contributed by atoms with Crippen LogP contribution in [0.3, 0.4) is 0 Å². The number of amidine groups is 1. The zero-order chi connectivity index (χ0) is 10.0. The molecule has 0 bridgehead atoms. The molecule has 0 aromatic rings. The van der Waals surface area contributed by atoms with E-state index in [1.807, 2.05) is 0 Å². The van der Waals surface area contributed by atoms with E-state index in [4.69, 9.17) is 0 Å². The molecule has 0 aromatic carbocycles. The Hall–Kier alpha value is -1.39. The molecule has 0 saturated carbocycles. The van der Waals surface area contributed by atoms with Crippen molar-refractivity contribution in [3.05, 3.63) is 0 Å². The van der Waals surface area contributed by atoms with Crippen molar-refractivity contribution in [2.45, 2.75) is 19.9 Å².